The second-order valence-electron chi connectivity index (χ2n) is 4.31. The predicted octanol–water partition coefficient (Wildman–Crippen LogP) is 1.53. The minimum absolute atomic E-state index is 0.139. The van der Waals surface area contributed by atoms with Crippen molar-refractivity contribution in [2.75, 3.05) is 11.9 Å². The number of hydrogen-bond acceptors (Lipinski definition) is 3. The Bertz CT molecular complexity index is 481. The van der Waals surface area contributed by atoms with Crippen LogP contribution in [0.5, 0.6) is 0 Å². The van der Waals surface area contributed by atoms with Crippen molar-refractivity contribution in [2.24, 2.45) is 0 Å². The molecule has 0 radical (unpaired) electrons. The second-order valence-corrected chi connectivity index (χ2v) is 4.69. The summed E-state index contributed by atoms with van der Waals surface area (Å²) in [6.45, 7) is 0.665. The van der Waals surface area contributed by atoms with Gasteiger partial charge in [0.15, 0.2) is 0 Å². The van der Waals surface area contributed by atoms with Gasteiger partial charge < -0.3 is 16.0 Å². The molecule has 19 heavy (non-hydrogen) atoms. The zero-order valence-corrected chi connectivity index (χ0v) is 11.0. The summed E-state index contributed by atoms with van der Waals surface area (Å²) in [5, 5.41) is 8.32. The van der Waals surface area contributed by atoms with E-state index in [1.54, 1.807) is 6.07 Å². The average molecular weight is 283 g/mol. The first-order valence-electron chi connectivity index (χ1n) is 6.12. The van der Waals surface area contributed by atoms with Gasteiger partial charge in [-0.05, 0) is 31.4 Å². The van der Waals surface area contributed by atoms with Crippen molar-refractivity contribution in [3.05, 3.63) is 23.5 Å². The minimum Gasteiger partial charge on any atom is -0.354 e. The Morgan fingerprint density at radius 3 is 3.11 bits per heavy atom. The molecule has 0 aliphatic carbocycles. The van der Waals surface area contributed by atoms with Gasteiger partial charge in [0.2, 0.25) is 5.91 Å². The van der Waals surface area contributed by atoms with Crippen molar-refractivity contribution in [3.63, 3.8) is 0 Å². The molecule has 2 heterocycles. The highest BCUT2D eigenvalue weighted by Gasteiger charge is 2.22. The van der Waals surface area contributed by atoms with Crippen LogP contribution in [0.15, 0.2) is 18.3 Å². The number of anilines is 1. The lowest BCUT2D eigenvalue weighted by molar-refractivity contribution is -0.122. The molecule has 1 aliphatic heterocycles. The predicted molar refractivity (Wildman–Crippen MR) is 72.1 cm³/mol. The summed E-state index contributed by atoms with van der Waals surface area (Å²) >= 11 is 5.72. The molecular formula is C12H15ClN4O2. The van der Waals surface area contributed by atoms with Gasteiger partial charge in [0.05, 0.1) is 0 Å². The fourth-order valence-electron chi connectivity index (χ4n) is 1.88. The van der Waals surface area contributed by atoms with Crippen LogP contribution in [0.25, 0.3) is 0 Å². The van der Waals surface area contributed by atoms with E-state index in [1.165, 1.54) is 12.3 Å². The zero-order valence-electron chi connectivity index (χ0n) is 10.3. The molecule has 1 aromatic rings. The fraction of sp³-hybridized carbons (Fsp3) is 0.417. The number of amides is 3. The van der Waals surface area contributed by atoms with Crippen molar-refractivity contribution in [3.8, 4) is 0 Å². The van der Waals surface area contributed by atoms with Crippen molar-refractivity contribution < 1.29 is 9.59 Å². The molecule has 1 aliphatic rings. The SMILES string of the molecule is O=C(Nc1ccnc(Cl)c1)N[C@@H]1CCCCNC1=O. The number of carbonyl (C=O) groups is 2. The summed E-state index contributed by atoms with van der Waals surface area (Å²) in [4.78, 5) is 27.3. The van der Waals surface area contributed by atoms with E-state index in [2.05, 4.69) is 20.9 Å². The molecule has 1 saturated heterocycles. The molecule has 3 N–H and O–H groups in total. The summed E-state index contributed by atoms with van der Waals surface area (Å²) in [6, 6.07) is 2.25. The zero-order chi connectivity index (χ0) is 13.7. The van der Waals surface area contributed by atoms with Gasteiger partial charge in [0.25, 0.3) is 0 Å². The first-order valence-corrected chi connectivity index (χ1v) is 6.50. The van der Waals surface area contributed by atoms with Crippen LogP contribution in [0, 0.1) is 0 Å². The van der Waals surface area contributed by atoms with Gasteiger partial charge in [-0.1, -0.05) is 11.6 Å². The standard InChI is InChI=1S/C12H15ClN4O2/c13-10-7-8(4-6-14-10)16-12(19)17-9-3-1-2-5-15-11(9)18/h4,6-7,9H,1-3,5H2,(H,15,18)(H2,14,16,17,19)/t9-/m1/s1. The third-order valence-corrected chi connectivity index (χ3v) is 3.03. The largest absolute Gasteiger partial charge is 0.354 e. The molecule has 0 saturated carbocycles. The van der Waals surface area contributed by atoms with E-state index in [9.17, 15) is 9.59 Å². The maximum atomic E-state index is 11.8. The topological polar surface area (TPSA) is 83.1 Å². The number of urea groups is 1. The van der Waals surface area contributed by atoms with Gasteiger partial charge in [0, 0.05) is 18.4 Å². The van der Waals surface area contributed by atoms with Crippen molar-refractivity contribution in [1.82, 2.24) is 15.6 Å². The number of halogens is 1. The molecule has 0 aromatic carbocycles. The van der Waals surface area contributed by atoms with Crippen LogP contribution < -0.4 is 16.0 Å². The number of pyridine rings is 1. The number of carbonyl (C=O) groups excluding carboxylic acids is 2. The van der Waals surface area contributed by atoms with Crippen LogP contribution in [0.2, 0.25) is 5.15 Å². The van der Waals surface area contributed by atoms with Gasteiger partial charge in [0.1, 0.15) is 11.2 Å². The molecular weight excluding hydrogens is 268 g/mol. The Morgan fingerprint density at radius 2 is 2.32 bits per heavy atom. The number of nitrogens with one attached hydrogen (secondary N) is 3. The molecule has 2 rings (SSSR count). The fourth-order valence-corrected chi connectivity index (χ4v) is 2.06. The van der Waals surface area contributed by atoms with Crippen LogP contribution >= 0.6 is 11.6 Å². The molecule has 7 heteroatoms. The third-order valence-electron chi connectivity index (χ3n) is 2.83. The van der Waals surface area contributed by atoms with Gasteiger partial charge in [-0.15, -0.1) is 0 Å². The lowest BCUT2D eigenvalue weighted by atomic mass is 10.1. The first kappa shape index (κ1) is 13.6. The minimum atomic E-state index is -0.486. The van der Waals surface area contributed by atoms with Gasteiger partial charge in [-0.25, -0.2) is 9.78 Å². The van der Waals surface area contributed by atoms with E-state index in [4.69, 9.17) is 11.6 Å². The van der Waals surface area contributed by atoms with E-state index in [0.29, 0.717) is 23.8 Å². The summed E-state index contributed by atoms with van der Waals surface area (Å²) in [5.74, 6) is -0.139. The van der Waals surface area contributed by atoms with Crippen molar-refractivity contribution in [2.45, 2.75) is 25.3 Å². The maximum Gasteiger partial charge on any atom is 0.319 e. The molecule has 3 amide bonds. The summed E-state index contributed by atoms with van der Waals surface area (Å²) in [6.07, 6.45) is 3.99. The Morgan fingerprint density at radius 1 is 1.47 bits per heavy atom. The van der Waals surface area contributed by atoms with Gasteiger partial charge in [-0.2, -0.15) is 0 Å². The highest BCUT2D eigenvalue weighted by atomic mass is 35.5. The number of aromatic nitrogens is 1. The Balaban J connectivity index is 1.91. The van der Waals surface area contributed by atoms with E-state index in [1.807, 2.05) is 0 Å². The van der Waals surface area contributed by atoms with Crippen molar-refractivity contribution >= 4 is 29.2 Å². The normalized spacial score (nSPS) is 19.2. The molecule has 1 aromatic heterocycles. The summed E-state index contributed by atoms with van der Waals surface area (Å²) in [5.41, 5.74) is 0.534. The molecule has 1 atom stereocenters. The second kappa shape index (κ2) is 6.38. The van der Waals surface area contributed by atoms with Gasteiger partial charge >= 0.3 is 6.03 Å². The molecule has 6 nitrogen and oxygen atoms in total. The van der Waals surface area contributed by atoms with Crippen molar-refractivity contribution in [1.29, 1.82) is 0 Å². The molecule has 1 fully saturated rings. The van der Waals surface area contributed by atoms with E-state index >= 15 is 0 Å². The summed E-state index contributed by atoms with van der Waals surface area (Å²) in [7, 11) is 0. The molecule has 0 bridgehead atoms. The highest BCUT2D eigenvalue weighted by molar-refractivity contribution is 6.29. The van der Waals surface area contributed by atoms with E-state index in [0.717, 1.165) is 12.8 Å². The third kappa shape index (κ3) is 4.10. The van der Waals surface area contributed by atoms with Gasteiger partial charge in [-0.3, -0.25) is 4.79 Å². The van der Waals surface area contributed by atoms with Crippen LogP contribution in [0.1, 0.15) is 19.3 Å². The summed E-state index contributed by atoms with van der Waals surface area (Å²) < 4.78 is 0. The first-order chi connectivity index (χ1) is 9.15. The van der Waals surface area contributed by atoms with E-state index in [-0.39, 0.29) is 5.91 Å². The Kier molecular flexibility index (Phi) is 4.57. The van der Waals surface area contributed by atoms with Crippen LogP contribution in [-0.2, 0) is 4.79 Å². The Hall–Kier alpha value is -1.82. The quantitative estimate of drug-likeness (QED) is 0.719. The molecule has 0 unspecified atom stereocenters. The Labute approximate surface area is 115 Å². The number of nitrogens with zero attached hydrogens (tertiary/aromatic N) is 1. The number of hydrogen-bond donors (Lipinski definition) is 3. The van der Waals surface area contributed by atoms with Crippen LogP contribution in [-0.4, -0.2) is 29.5 Å². The number of rotatable bonds is 2. The van der Waals surface area contributed by atoms with E-state index < -0.39 is 12.1 Å². The smallest absolute Gasteiger partial charge is 0.319 e. The molecule has 102 valence electrons. The van der Waals surface area contributed by atoms with Crippen LogP contribution in [0.4, 0.5) is 10.5 Å². The lowest BCUT2D eigenvalue weighted by Crippen LogP contribution is -2.47. The van der Waals surface area contributed by atoms with Crippen LogP contribution in [0.3, 0.4) is 0 Å². The maximum absolute atomic E-state index is 11.8. The highest BCUT2D eigenvalue weighted by Crippen LogP contribution is 2.12. The monoisotopic (exact) mass is 282 g/mol. The average Bonchev–Trinajstić information content (AvgIpc) is 2.55. The molecule has 0 spiro atoms. The lowest BCUT2D eigenvalue weighted by Gasteiger charge is -2.15.